The van der Waals surface area contributed by atoms with E-state index in [4.69, 9.17) is 9.63 Å². The fourth-order valence-corrected chi connectivity index (χ4v) is 1.14. The molecule has 0 amide bonds. The topological polar surface area (TPSA) is 58.3 Å². The average Bonchev–Trinajstić information content (AvgIpc) is 2.34. The first kappa shape index (κ1) is 9.32. The van der Waals surface area contributed by atoms with E-state index in [2.05, 4.69) is 10.5 Å². The molecule has 58 valence electrons. The summed E-state index contributed by atoms with van der Waals surface area (Å²) in [6.45, 7) is 1.57. The number of aromatic nitrogens is 1. The Balaban J connectivity index is 0.000000605. The molecule has 0 saturated heterocycles. The van der Waals surface area contributed by atoms with Crippen molar-refractivity contribution in [2.75, 3.05) is 6.54 Å². The molecule has 0 bridgehead atoms. The molecule has 1 aromatic rings. The van der Waals surface area contributed by atoms with Gasteiger partial charge in [0.1, 0.15) is 0 Å². The molecule has 0 atom stereocenters. The Morgan fingerprint density at radius 3 is 3.09 bits per heavy atom. The molecule has 1 aromatic heterocycles. The van der Waals surface area contributed by atoms with Crippen LogP contribution in [0.4, 0.5) is 0 Å². The van der Waals surface area contributed by atoms with Crippen LogP contribution in [0.25, 0.3) is 0 Å². The van der Waals surface area contributed by atoms with Crippen molar-refractivity contribution in [2.45, 2.75) is 13.0 Å². The first-order valence-electron chi connectivity index (χ1n) is 3.25. The van der Waals surface area contributed by atoms with E-state index >= 15 is 0 Å². The predicted octanol–water partition coefficient (Wildman–Crippen LogP) is -0.890. The van der Waals surface area contributed by atoms with E-state index in [0.717, 1.165) is 24.3 Å². The third-order valence-electron chi connectivity index (χ3n) is 1.69. The van der Waals surface area contributed by atoms with E-state index < -0.39 is 0 Å². The van der Waals surface area contributed by atoms with Crippen LogP contribution in [-0.4, -0.2) is 54.5 Å². The molecule has 5 heteroatoms. The molecule has 1 aliphatic rings. The number of hydrogen-bond donors (Lipinski definition) is 2. The van der Waals surface area contributed by atoms with Crippen LogP contribution in [0.2, 0.25) is 0 Å². The van der Waals surface area contributed by atoms with Crippen molar-refractivity contribution < 1.29 is 9.63 Å². The van der Waals surface area contributed by atoms with E-state index in [1.54, 1.807) is 0 Å². The molecule has 0 unspecified atom stereocenters. The summed E-state index contributed by atoms with van der Waals surface area (Å²) >= 11 is 0. The Hall–Kier alpha value is 0.230. The molecule has 0 spiro atoms. The van der Waals surface area contributed by atoms with Crippen LogP contribution in [0.1, 0.15) is 11.3 Å². The van der Waals surface area contributed by atoms with Crippen molar-refractivity contribution in [1.82, 2.24) is 10.5 Å². The van der Waals surface area contributed by atoms with Gasteiger partial charge >= 0.3 is 37.7 Å². The van der Waals surface area contributed by atoms with Crippen LogP contribution >= 0.6 is 0 Å². The maximum absolute atomic E-state index is 9.06. The van der Waals surface area contributed by atoms with Gasteiger partial charge in [-0.1, -0.05) is 0 Å². The van der Waals surface area contributed by atoms with Gasteiger partial charge in [0.15, 0.2) is 5.76 Å². The normalized spacial score (nSPS) is 15.3. The van der Waals surface area contributed by atoms with Gasteiger partial charge in [0.05, 0.1) is 12.1 Å². The zero-order valence-corrected chi connectivity index (χ0v) is 5.42. The van der Waals surface area contributed by atoms with Crippen LogP contribution in [0.15, 0.2) is 4.52 Å². The molecular formula is C6H10CaN2O2. The quantitative estimate of drug-likeness (QED) is 0.511. The third-order valence-corrected chi connectivity index (χ3v) is 1.69. The summed E-state index contributed by atoms with van der Waals surface area (Å²) in [6, 6.07) is 0. The first-order valence-corrected chi connectivity index (χ1v) is 3.25. The SMILES string of the molecule is Oc1noc2c1CCNC2.[CaH2]. The van der Waals surface area contributed by atoms with Crippen molar-refractivity contribution in [3.63, 3.8) is 0 Å². The van der Waals surface area contributed by atoms with Crippen molar-refractivity contribution in [1.29, 1.82) is 0 Å². The number of hydrogen-bond acceptors (Lipinski definition) is 4. The van der Waals surface area contributed by atoms with Gasteiger partial charge in [0, 0.05) is 0 Å². The van der Waals surface area contributed by atoms with Gasteiger partial charge in [-0.05, 0) is 18.1 Å². The van der Waals surface area contributed by atoms with Gasteiger partial charge in [-0.25, -0.2) is 0 Å². The number of aromatic hydroxyl groups is 1. The molecule has 2 N–H and O–H groups in total. The molecule has 0 aromatic carbocycles. The molecule has 0 radical (unpaired) electrons. The predicted molar refractivity (Wildman–Crippen MR) is 42.1 cm³/mol. The number of rotatable bonds is 0. The molecular weight excluding hydrogens is 172 g/mol. The number of nitrogens with one attached hydrogen (secondary N) is 1. The third kappa shape index (κ3) is 1.69. The van der Waals surface area contributed by atoms with Crippen molar-refractivity contribution in [2.24, 2.45) is 0 Å². The number of fused-ring (bicyclic) bond motifs is 1. The van der Waals surface area contributed by atoms with E-state index in [1.165, 1.54) is 0 Å². The monoisotopic (exact) mass is 182 g/mol. The average molecular weight is 182 g/mol. The van der Waals surface area contributed by atoms with Gasteiger partial charge in [0.25, 0.3) is 5.88 Å². The summed E-state index contributed by atoms with van der Waals surface area (Å²) in [5.74, 6) is 0.820. The van der Waals surface area contributed by atoms with E-state index in [0.29, 0.717) is 6.54 Å². The van der Waals surface area contributed by atoms with Gasteiger partial charge in [-0.2, -0.15) is 0 Å². The molecule has 11 heavy (non-hydrogen) atoms. The Bertz CT molecular complexity index is 249. The fourth-order valence-electron chi connectivity index (χ4n) is 1.14. The summed E-state index contributed by atoms with van der Waals surface area (Å²) in [6.07, 6.45) is 0.810. The van der Waals surface area contributed by atoms with Gasteiger partial charge < -0.3 is 14.9 Å². The zero-order chi connectivity index (χ0) is 6.97. The fraction of sp³-hybridized carbons (Fsp3) is 0.500. The zero-order valence-electron chi connectivity index (χ0n) is 5.42. The summed E-state index contributed by atoms with van der Waals surface area (Å²) in [4.78, 5) is 0. The summed E-state index contributed by atoms with van der Waals surface area (Å²) < 4.78 is 4.82. The Kier molecular flexibility index (Phi) is 3.18. The van der Waals surface area contributed by atoms with E-state index in [1.807, 2.05) is 0 Å². The Morgan fingerprint density at radius 1 is 1.55 bits per heavy atom. The molecule has 0 saturated carbocycles. The van der Waals surface area contributed by atoms with Crippen molar-refractivity contribution >= 4 is 37.7 Å². The number of nitrogens with zero attached hydrogens (tertiary/aromatic N) is 1. The van der Waals surface area contributed by atoms with Crippen LogP contribution in [0.3, 0.4) is 0 Å². The minimum absolute atomic E-state index is 0. The molecule has 2 heterocycles. The van der Waals surface area contributed by atoms with Gasteiger partial charge in [0.2, 0.25) is 0 Å². The maximum atomic E-state index is 9.06. The summed E-state index contributed by atoms with van der Waals surface area (Å²) in [5, 5.41) is 15.6. The second-order valence-corrected chi connectivity index (χ2v) is 2.33. The van der Waals surface area contributed by atoms with Crippen LogP contribution in [-0.2, 0) is 13.0 Å². The molecule has 2 rings (SSSR count). The molecule has 1 aliphatic heterocycles. The second-order valence-electron chi connectivity index (χ2n) is 2.33. The molecule has 4 nitrogen and oxygen atoms in total. The second kappa shape index (κ2) is 3.76. The van der Waals surface area contributed by atoms with Crippen molar-refractivity contribution in [3.05, 3.63) is 11.3 Å². The molecule has 0 aliphatic carbocycles. The van der Waals surface area contributed by atoms with Crippen LogP contribution in [0, 0.1) is 0 Å². The first-order chi connectivity index (χ1) is 4.88. The Morgan fingerprint density at radius 2 is 2.36 bits per heavy atom. The Labute approximate surface area is 93.9 Å². The summed E-state index contributed by atoms with van der Waals surface area (Å²) in [7, 11) is 0. The van der Waals surface area contributed by atoms with Gasteiger partial charge in [-0.15, -0.1) is 0 Å². The summed E-state index contributed by atoms with van der Waals surface area (Å²) in [5.41, 5.74) is 0.860. The van der Waals surface area contributed by atoms with Crippen LogP contribution in [0.5, 0.6) is 5.88 Å². The van der Waals surface area contributed by atoms with Gasteiger partial charge in [-0.3, -0.25) is 0 Å². The molecule has 0 fully saturated rings. The van der Waals surface area contributed by atoms with E-state index in [9.17, 15) is 0 Å². The van der Waals surface area contributed by atoms with E-state index in [-0.39, 0.29) is 43.6 Å². The standard InChI is InChI=1S/C6H8N2O2.Ca.2H/c9-6-4-1-2-7-3-5(4)10-8-6;;;/h7H,1-3H2,(H,8,9);;;. The minimum atomic E-state index is 0. The van der Waals surface area contributed by atoms with Crippen LogP contribution < -0.4 is 5.32 Å². The van der Waals surface area contributed by atoms with Crippen molar-refractivity contribution in [3.8, 4) is 5.88 Å².